The van der Waals surface area contributed by atoms with E-state index in [4.69, 9.17) is 5.11 Å². The van der Waals surface area contributed by atoms with Crippen molar-refractivity contribution >= 4 is 26.0 Å². The molecule has 1 aliphatic heterocycles. The van der Waals surface area contributed by atoms with Gasteiger partial charge in [-0.2, -0.15) is 0 Å². The molecule has 0 aromatic carbocycles. The van der Waals surface area contributed by atoms with E-state index in [1.807, 2.05) is 0 Å². The highest BCUT2D eigenvalue weighted by Crippen LogP contribution is 2.19. The number of nitrogens with one attached hydrogen (secondary N) is 1. The largest absolute Gasteiger partial charge is 0.480 e. The molecule has 0 aromatic rings. The van der Waals surface area contributed by atoms with E-state index < -0.39 is 31.8 Å². The van der Waals surface area contributed by atoms with Gasteiger partial charge in [0.05, 0.1) is 6.26 Å². The highest BCUT2D eigenvalue weighted by atomic mass is 32.2. The highest BCUT2D eigenvalue weighted by molar-refractivity contribution is 7.89. The Morgan fingerprint density at radius 2 is 2.00 bits per heavy atom. The number of aliphatic carboxylic acids is 1. The number of nitrogens with zero attached hydrogens (tertiary/aromatic N) is 1. The van der Waals surface area contributed by atoms with E-state index in [-0.39, 0.29) is 25.6 Å². The fourth-order valence-corrected chi connectivity index (χ4v) is 3.84. The summed E-state index contributed by atoms with van der Waals surface area (Å²) < 4.78 is 48.9. The number of hydrogen-bond donors (Lipinski definition) is 2. The van der Waals surface area contributed by atoms with Crippen LogP contribution < -0.4 is 4.72 Å². The fraction of sp³-hybridized carbons (Fsp3) is 0.889. The van der Waals surface area contributed by atoms with Crippen LogP contribution in [0.4, 0.5) is 0 Å². The van der Waals surface area contributed by atoms with E-state index in [0.717, 1.165) is 10.6 Å². The molecule has 0 spiro atoms. The zero-order valence-corrected chi connectivity index (χ0v) is 12.2. The standard InChI is InChI=1S/C9H18N2O6S2/c1-18(14,15)10-5-8-3-2-4-11(6-8)19(16,17)7-9(12)13/h8,10H,2-7H2,1H3,(H,12,13). The number of rotatable bonds is 6. The molecule has 0 aromatic heterocycles. The van der Waals surface area contributed by atoms with Gasteiger partial charge in [0.2, 0.25) is 20.0 Å². The summed E-state index contributed by atoms with van der Waals surface area (Å²) in [5.74, 6) is -2.46. The third kappa shape index (κ3) is 5.85. The van der Waals surface area contributed by atoms with Gasteiger partial charge in [-0.1, -0.05) is 0 Å². The van der Waals surface area contributed by atoms with E-state index in [1.165, 1.54) is 0 Å². The van der Waals surface area contributed by atoms with Gasteiger partial charge in [0, 0.05) is 19.6 Å². The number of hydrogen-bond acceptors (Lipinski definition) is 5. The summed E-state index contributed by atoms with van der Waals surface area (Å²) >= 11 is 0. The van der Waals surface area contributed by atoms with Crippen molar-refractivity contribution in [3.05, 3.63) is 0 Å². The van der Waals surface area contributed by atoms with Gasteiger partial charge in [0.25, 0.3) is 0 Å². The molecule has 1 atom stereocenters. The molecule has 0 amide bonds. The first-order valence-electron chi connectivity index (χ1n) is 5.74. The molecule has 10 heteroatoms. The number of carboxylic acids is 1. The van der Waals surface area contributed by atoms with Crippen LogP contribution in [0.5, 0.6) is 0 Å². The van der Waals surface area contributed by atoms with Gasteiger partial charge in [-0.15, -0.1) is 0 Å². The molecule has 112 valence electrons. The second kappa shape index (κ2) is 6.16. The van der Waals surface area contributed by atoms with Crippen molar-refractivity contribution in [2.45, 2.75) is 12.8 Å². The van der Waals surface area contributed by atoms with Crippen molar-refractivity contribution < 1.29 is 26.7 Å². The number of piperidine rings is 1. The van der Waals surface area contributed by atoms with Crippen molar-refractivity contribution in [3.8, 4) is 0 Å². The Balaban J connectivity index is 2.62. The van der Waals surface area contributed by atoms with E-state index in [0.29, 0.717) is 12.8 Å². The molecule has 1 heterocycles. The number of carboxylic acid groups (broad SMARTS) is 1. The Labute approximate surface area is 112 Å². The lowest BCUT2D eigenvalue weighted by molar-refractivity contribution is -0.134. The van der Waals surface area contributed by atoms with Gasteiger partial charge in [0.15, 0.2) is 5.75 Å². The SMILES string of the molecule is CS(=O)(=O)NCC1CCCN(S(=O)(=O)CC(=O)O)C1. The third-order valence-corrected chi connectivity index (χ3v) is 5.24. The fourth-order valence-electron chi connectivity index (χ4n) is 1.96. The van der Waals surface area contributed by atoms with E-state index >= 15 is 0 Å². The van der Waals surface area contributed by atoms with Crippen molar-refractivity contribution in [2.24, 2.45) is 5.92 Å². The van der Waals surface area contributed by atoms with Crippen LogP contribution in [0.2, 0.25) is 0 Å². The molecular weight excluding hydrogens is 296 g/mol. The smallest absolute Gasteiger partial charge is 0.320 e. The van der Waals surface area contributed by atoms with Crippen LogP contribution in [0.25, 0.3) is 0 Å². The lowest BCUT2D eigenvalue weighted by atomic mass is 10.0. The molecule has 19 heavy (non-hydrogen) atoms. The molecule has 1 unspecified atom stereocenters. The molecule has 8 nitrogen and oxygen atoms in total. The monoisotopic (exact) mass is 314 g/mol. The summed E-state index contributed by atoms with van der Waals surface area (Å²) in [6, 6.07) is 0. The summed E-state index contributed by atoms with van der Waals surface area (Å²) in [7, 11) is -7.12. The van der Waals surface area contributed by atoms with E-state index in [2.05, 4.69) is 4.72 Å². The third-order valence-electron chi connectivity index (χ3n) is 2.82. The molecule has 2 N–H and O–H groups in total. The van der Waals surface area contributed by atoms with Crippen LogP contribution in [-0.2, 0) is 24.8 Å². The lowest BCUT2D eigenvalue weighted by Crippen LogP contribution is -2.45. The first-order valence-corrected chi connectivity index (χ1v) is 9.24. The maximum absolute atomic E-state index is 11.7. The Hall–Kier alpha value is -0.710. The Morgan fingerprint density at radius 1 is 1.37 bits per heavy atom. The maximum Gasteiger partial charge on any atom is 0.320 e. The van der Waals surface area contributed by atoms with Crippen LogP contribution in [-0.4, -0.2) is 63.9 Å². The summed E-state index contributed by atoms with van der Waals surface area (Å²) in [6.45, 7) is 0.598. The normalized spacial score (nSPS) is 22.3. The molecule has 0 bridgehead atoms. The molecular formula is C9H18N2O6S2. The van der Waals surface area contributed by atoms with Crippen LogP contribution in [0, 0.1) is 5.92 Å². The summed E-state index contributed by atoms with van der Waals surface area (Å²) in [4.78, 5) is 10.5. The number of carbonyl (C=O) groups is 1. The quantitative estimate of drug-likeness (QED) is 0.626. The molecule has 1 saturated heterocycles. The molecule has 0 radical (unpaired) electrons. The van der Waals surface area contributed by atoms with Gasteiger partial charge in [-0.05, 0) is 18.8 Å². The maximum atomic E-state index is 11.7. The molecule has 1 fully saturated rings. The van der Waals surface area contributed by atoms with E-state index in [9.17, 15) is 21.6 Å². The van der Waals surface area contributed by atoms with Crippen LogP contribution in [0.3, 0.4) is 0 Å². The van der Waals surface area contributed by atoms with Gasteiger partial charge in [0.1, 0.15) is 0 Å². The molecule has 1 aliphatic rings. The summed E-state index contributed by atoms with van der Waals surface area (Å²) in [5, 5.41) is 8.56. The minimum Gasteiger partial charge on any atom is -0.480 e. The van der Waals surface area contributed by atoms with Gasteiger partial charge >= 0.3 is 5.97 Å². The van der Waals surface area contributed by atoms with Crippen LogP contribution in [0.1, 0.15) is 12.8 Å². The number of sulfonamides is 2. The minimum atomic E-state index is -3.81. The lowest BCUT2D eigenvalue weighted by Gasteiger charge is -2.31. The van der Waals surface area contributed by atoms with E-state index in [1.54, 1.807) is 0 Å². The first kappa shape index (κ1) is 16.3. The summed E-state index contributed by atoms with van der Waals surface area (Å²) in [5.41, 5.74) is 0. The topological polar surface area (TPSA) is 121 Å². The van der Waals surface area contributed by atoms with Crippen LogP contribution >= 0.6 is 0 Å². The second-order valence-corrected chi connectivity index (χ2v) is 8.44. The van der Waals surface area contributed by atoms with Gasteiger partial charge < -0.3 is 5.11 Å². The summed E-state index contributed by atoms with van der Waals surface area (Å²) in [6.07, 6.45) is 2.34. The van der Waals surface area contributed by atoms with Gasteiger partial charge in [-0.3, -0.25) is 4.79 Å². The van der Waals surface area contributed by atoms with Crippen molar-refractivity contribution in [3.63, 3.8) is 0 Å². The Morgan fingerprint density at radius 3 is 2.53 bits per heavy atom. The molecule has 0 aliphatic carbocycles. The second-order valence-electron chi connectivity index (χ2n) is 4.64. The van der Waals surface area contributed by atoms with Crippen molar-refractivity contribution in [1.29, 1.82) is 0 Å². The molecule has 1 rings (SSSR count). The Bertz CT molecular complexity index is 527. The Kier molecular flexibility index (Phi) is 5.30. The van der Waals surface area contributed by atoms with Crippen molar-refractivity contribution in [1.82, 2.24) is 9.03 Å². The zero-order chi connectivity index (χ0) is 14.7. The average molecular weight is 314 g/mol. The van der Waals surface area contributed by atoms with Crippen LogP contribution in [0.15, 0.2) is 0 Å². The predicted molar refractivity (Wildman–Crippen MR) is 68.6 cm³/mol. The van der Waals surface area contributed by atoms with Gasteiger partial charge in [-0.25, -0.2) is 25.9 Å². The predicted octanol–water partition coefficient (Wildman–Crippen LogP) is -1.34. The first-order chi connectivity index (χ1) is 8.60. The van der Waals surface area contributed by atoms with Crippen molar-refractivity contribution in [2.75, 3.05) is 31.6 Å². The average Bonchev–Trinajstić information content (AvgIpc) is 2.24. The highest BCUT2D eigenvalue weighted by Gasteiger charge is 2.30. The zero-order valence-electron chi connectivity index (χ0n) is 10.6. The minimum absolute atomic E-state index is 0.132. The molecule has 0 saturated carbocycles.